The van der Waals surface area contributed by atoms with Crippen molar-refractivity contribution in [2.75, 3.05) is 36.0 Å². The van der Waals surface area contributed by atoms with Crippen molar-refractivity contribution in [2.24, 2.45) is 0 Å². The molecule has 2 fully saturated rings. The minimum atomic E-state index is -0.441. The van der Waals surface area contributed by atoms with Crippen molar-refractivity contribution < 1.29 is 14.1 Å². The second-order valence-corrected chi connectivity index (χ2v) is 6.15. The number of hydrogen-bond acceptors (Lipinski definition) is 8. The van der Waals surface area contributed by atoms with Crippen molar-refractivity contribution in [3.63, 3.8) is 0 Å². The summed E-state index contributed by atoms with van der Waals surface area (Å²) in [6.45, 7) is 4.50. The molecule has 4 heterocycles. The van der Waals surface area contributed by atoms with E-state index in [1.165, 1.54) is 0 Å². The SMILES string of the molecule is Cc1cc(N2C(=O)C[C@H](N3CCN(c4ncccn4)CC3)C2=O)no1. The van der Waals surface area contributed by atoms with Gasteiger partial charge in [0.25, 0.3) is 5.91 Å². The molecule has 0 N–H and O–H groups in total. The zero-order valence-corrected chi connectivity index (χ0v) is 13.8. The molecule has 25 heavy (non-hydrogen) atoms. The largest absolute Gasteiger partial charge is 0.360 e. The average Bonchev–Trinajstić information content (AvgIpc) is 3.18. The van der Waals surface area contributed by atoms with E-state index in [4.69, 9.17) is 4.52 Å². The number of hydrogen-bond donors (Lipinski definition) is 0. The summed E-state index contributed by atoms with van der Waals surface area (Å²) in [4.78, 5) is 38.8. The molecule has 0 aromatic carbocycles. The van der Waals surface area contributed by atoms with E-state index in [1.54, 1.807) is 31.5 Å². The maximum Gasteiger partial charge on any atom is 0.252 e. The lowest BCUT2D eigenvalue weighted by atomic mass is 10.2. The third-order valence-corrected chi connectivity index (χ3v) is 4.56. The first-order chi connectivity index (χ1) is 12.1. The van der Waals surface area contributed by atoms with Gasteiger partial charge in [-0.25, -0.2) is 14.9 Å². The van der Waals surface area contributed by atoms with Crippen molar-refractivity contribution in [3.8, 4) is 0 Å². The number of nitrogens with zero attached hydrogens (tertiary/aromatic N) is 6. The summed E-state index contributed by atoms with van der Waals surface area (Å²) >= 11 is 0. The van der Waals surface area contributed by atoms with Gasteiger partial charge in [-0.15, -0.1) is 0 Å². The fourth-order valence-electron chi connectivity index (χ4n) is 3.29. The van der Waals surface area contributed by atoms with Gasteiger partial charge in [-0.2, -0.15) is 0 Å². The van der Waals surface area contributed by atoms with E-state index in [1.807, 2.05) is 4.90 Å². The standard InChI is InChI=1S/C16H18N6O3/c1-11-9-13(19-25-11)22-14(23)10-12(15(22)24)20-5-7-21(8-6-20)16-17-3-2-4-18-16/h2-4,9,12H,5-8,10H2,1H3/t12-/m0/s1. The van der Waals surface area contributed by atoms with E-state index in [-0.39, 0.29) is 24.1 Å². The Bertz CT molecular complexity index is 784. The molecule has 2 aliphatic heterocycles. The average molecular weight is 342 g/mol. The Morgan fingerprint density at radius 2 is 1.84 bits per heavy atom. The van der Waals surface area contributed by atoms with Crippen LogP contribution < -0.4 is 9.80 Å². The Balaban J connectivity index is 1.43. The van der Waals surface area contributed by atoms with Crippen LogP contribution in [-0.2, 0) is 9.59 Å². The molecule has 2 aromatic rings. The topological polar surface area (TPSA) is 95.7 Å². The van der Waals surface area contributed by atoms with Crippen LogP contribution in [0.2, 0.25) is 0 Å². The molecule has 0 radical (unpaired) electrons. The van der Waals surface area contributed by atoms with Crippen LogP contribution in [0.25, 0.3) is 0 Å². The Hall–Kier alpha value is -2.81. The van der Waals surface area contributed by atoms with Gasteiger partial charge >= 0.3 is 0 Å². The predicted octanol–water partition coefficient (Wildman–Crippen LogP) is 0.227. The zero-order valence-electron chi connectivity index (χ0n) is 13.8. The van der Waals surface area contributed by atoms with E-state index >= 15 is 0 Å². The van der Waals surface area contributed by atoms with Gasteiger partial charge in [0.2, 0.25) is 11.9 Å². The van der Waals surface area contributed by atoms with E-state index in [0.717, 1.165) is 4.90 Å². The number of anilines is 2. The van der Waals surface area contributed by atoms with E-state index in [2.05, 4.69) is 20.0 Å². The molecule has 0 unspecified atom stereocenters. The summed E-state index contributed by atoms with van der Waals surface area (Å²) in [5, 5.41) is 3.80. The first-order valence-electron chi connectivity index (χ1n) is 8.19. The van der Waals surface area contributed by atoms with Gasteiger partial charge < -0.3 is 9.42 Å². The number of imide groups is 1. The first-order valence-corrected chi connectivity index (χ1v) is 8.19. The molecular formula is C16H18N6O3. The van der Waals surface area contributed by atoms with E-state index in [9.17, 15) is 9.59 Å². The van der Waals surface area contributed by atoms with Crippen LogP contribution in [0.4, 0.5) is 11.8 Å². The highest BCUT2D eigenvalue weighted by molar-refractivity contribution is 6.21. The second-order valence-electron chi connectivity index (χ2n) is 6.15. The van der Waals surface area contributed by atoms with Gasteiger partial charge in [-0.3, -0.25) is 14.5 Å². The summed E-state index contributed by atoms with van der Waals surface area (Å²) in [5.41, 5.74) is 0. The smallest absolute Gasteiger partial charge is 0.252 e. The van der Waals surface area contributed by atoms with Crippen molar-refractivity contribution in [1.29, 1.82) is 0 Å². The second kappa shape index (κ2) is 6.25. The van der Waals surface area contributed by atoms with Gasteiger partial charge in [0, 0.05) is 44.6 Å². The highest BCUT2D eigenvalue weighted by atomic mass is 16.5. The Kier molecular flexibility index (Phi) is 3.92. The number of amides is 2. The molecule has 1 atom stereocenters. The molecule has 9 nitrogen and oxygen atoms in total. The monoisotopic (exact) mass is 342 g/mol. The van der Waals surface area contributed by atoms with Crippen LogP contribution in [0.5, 0.6) is 0 Å². The van der Waals surface area contributed by atoms with Gasteiger partial charge in [0.15, 0.2) is 5.82 Å². The van der Waals surface area contributed by atoms with Gasteiger partial charge in [-0.1, -0.05) is 5.16 Å². The highest BCUT2D eigenvalue weighted by Gasteiger charge is 2.44. The van der Waals surface area contributed by atoms with E-state index in [0.29, 0.717) is 37.9 Å². The maximum absolute atomic E-state index is 12.7. The maximum atomic E-state index is 12.7. The quantitative estimate of drug-likeness (QED) is 0.732. The normalized spacial score (nSPS) is 22.0. The summed E-state index contributed by atoms with van der Waals surface area (Å²) in [6.07, 6.45) is 3.60. The lowest BCUT2D eigenvalue weighted by Gasteiger charge is -2.36. The Morgan fingerprint density at radius 3 is 2.48 bits per heavy atom. The molecule has 9 heteroatoms. The molecule has 0 aliphatic carbocycles. The molecule has 0 spiro atoms. The molecule has 2 amide bonds. The van der Waals surface area contributed by atoms with Crippen molar-refractivity contribution in [2.45, 2.75) is 19.4 Å². The lowest BCUT2D eigenvalue weighted by molar-refractivity contribution is -0.123. The summed E-state index contributed by atoms with van der Waals surface area (Å²) in [7, 11) is 0. The predicted molar refractivity (Wildman–Crippen MR) is 88.0 cm³/mol. The molecule has 2 saturated heterocycles. The third kappa shape index (κ3) is 2.86. The minimum Gasteiger partial charge on any atom is -0.360 e. The van der Waals surface area contributed by atoms with E-state index < -0.39 is 6.04 Å². The number of aromatic nitrogens is 3. The zero-order chi connectivity index (χ0) is 17.4. The fourth-order valence-corrected chi connectivity index (χ4v) is 3.29. The van der Waals surface area contributed by atoms with Crippen LogP contribution in [-0.4, -0.2) is 64.1 Å². The van der Waals surface area contributed by atoms with Crippen molar-refractivity contribution in [1.82, 2.24) is 20.0 Å². The molecule has 4 rings (SSSR count). The van der Waals surface area contributed by atoms with Crippen LogP contribution in [0, 0.1) is 6.92 Å². The Labute approximate surface area is 144 Å². The lowest BCUT2D eigenvalue weighted by Crippen LogP contribution is -2.53. The van der Waals surface area contributed by atoms with Crippen LogP contribution in [0.1, 0.15) is 12.2 Å². The highest BCUT2D eigenvalue weighted by Crippen LogP contribution is 2.26. The summed E-state index contributed by atoms with van der Waals surface area (Å²) in [5.74, 6) is 1.05. The molecule has 130 valence electrons. The third-order valence-electron chi connectivity index (χ3n) is 4.56. The first kappa shape index (κ1) is 15.7. The number of aryl methyl sites for hydroxylation is 1. The van der Waals surface area contributed by atoms with Crippen molar-refractivity contribution in [3.05, 3.63) is 30.3 Å². The minimum absolute atomic E-state index is 0.173. The van der Waals surface area contributed by atoms with Gasteiger partial charge in [0.1, 0.15) is 5.76 Å². The van der Waals surface area contributed by atoms with Gasteiger partial charge in [0.05, 0.1) is 12.5 Å². The molecular weight excluding hydrogens is 324 g/mol. The Morgan fingerprint density at radius 1 is 1.12 bits per heavy atom. The molecule has 2 aliphatic rings. The number of carbonyl (C=O) groups excluding carboxylic acids is 2. The van der Waals surface area contributed by atoms with Crippen LogP contribution in [0.3, 0.4) is 0 Å². The van der Waals surface area contributed by atoms with Gasteiger partial charge in [-0.05, 0) is 13.0 Å². The van der Waals surface area contributed by atoms with Crippen LogP contribution in [0.15, 0.2) is 29.0 Å². The van der Waals surface area contributed by atoms with Crippen LogP contribution >= 0.6 is 0 Å². The summed E-state index contributed by atoms with van der Waals surface area (Å²) in [6, 6.07) is 2.94. The number of rotatable bonds is 3. The molecule has 2 aromatic heterocycles. The van der Waals surface area contributed by atoms with Crippen molar-refractivity contribution >= 4 is 23.6 Å². The molecule has 0 saturated carbocycles. The number of piperazine rings is 1. The molecule has 0 bridgehead atoms. The summed E-state index contributed by atoms with van der Waals surface area (Å²) < 4.78 is 4.99. The number of carbonyl (C=O) groups is 2. The fraction of sp³-hybridized carbons (Fsp3) is 0.438.